The standard InChI is InChI=1S/C29H38N2O6/c1-5-30(6-2)15-9-17-35-28(33)21-11-13-25-23(19-21)27(32)24-20-22(12-14-26(24)37-25)29(34)36-18-10-16-31(7-3)8-4/h11-14,19-20H,5-10,15-18H2,1-4H3. The van der Waals surface area contributed by atoms with Crippen LogP contribution in [0, 0.1) is 0 Å². The van der Waals surface area contributed by atoms with Crippen LogP contribution in [0.25, 0.3) is 21.9 Å². The summed E-state index contributed by atoms with van der Waals surface area (Å²) in [4.78, 5) is 42.9. The van der Waals surface area contributed by atoms with Crippen LogP contribution in [-0.2, 0) is 9.47 Å². The van der Waals surface area contributed by atoms with Crippen molar-refractivity contribution in [2.45, 2.75) is 40.5 Å². The van der Waals surface area contributed by atoms with Crippen LogP contribution in [0.15, 0.2) is 45.6 Å². The van der Waals surface area contributed by atoms with Crippen molar-refractivity contribution in [3.63, 3.8) is 0 Å². The van der Waals surface area contributed by atoms with E-state index >= 15 is 0 Å². The van der Waals surface area contributed by atoms with Gasteiger partial charge in [-0.05, 0) is 75.4 Å². The Morgan fingerprint density at radius 1 is 0.703 bits per heavy atom. The van der Waals surface area contributed by atoms with Crippen LogP contribution in [-0.4, -0.2) is 74.2 Å². The van der Waals surface area contributed by atoms with E-state index in [1.807, 2.05) is 0 Å². The quantitative estimate of drug-likeness (QED) is 0.175. The lowest BCUT2D eigenvalue weighted by molar-refractivity contribution is 0.0480. The van der Waals surface area contributed by atoms with E-state index in [1.54, 1.807) is 24.3 Å². The molecule has 0 unspecified atom stereocenters. The summed E-state index contributed by atoms with van der Waals surface area (Å²) < 4.78 is 16.7. The Balaban J connectivity index is 1.72. The van der Waals surface area contributed by atoms with Crippen molar-refractivity contribution in [2.75, 3.05) is 52.5 Å². The first-order valence-corrected chi connectivity index (χ1v) is 13.2. The maximum absolute atomic E-state index is 13.3. The summed E-state index contributed by atoms with van der Waals surface area (Å²) in [5.74, 6) is -0.967. The second-order valence-corrected chi connectivity index (χ2v) is 8.89. The number of fused-ring (bicyclic) bond motifs is 2. The monoisotopic (exact) mass is 510 g/mol. The molecule has 3 aromatic rings. The lowest BCUT2D eigenvalue weighted by Gasteiger charge is -2.17. The molecular weight excluding hydrogens is 472 g/mol. The minimum Gasteiger partial charge on any atom is -0.462 e. The van der Waals surface area contributed by atoms with Gasteiger partial charge in [0.05, 0.1) is 35.1 Å². The predicted molar refractivity (Wildman–Crippen MR) is 145 cm³/mol. The van der Waals surface area contributed by atoms with Crippen LogP contribution in [0.3, 0.4) is 0 Å². The zero-order chi connectivity index (χ0) is 26.8. The second-order valence-electron chi connectivity index (χ2n) is 8.89. The molecule has 0 spiro atoms. The van der Waals surface area contributed by atoms with Crippen molar-refractivity contribution < 1.29 is 23.5 Å². The molecule has 3 rings (SSSR count). The third-order valence-electron chi connectivity index (χ3n) is 6.63. The van der Waals surface area contributed by atoms with Gasteiger partial charge in [-0.2, -0.15) is 0 Å². The van der Waals surface area contributed by atoms with Crippen LogP contribution < -0.4 is 5.43 Å². The lowest BCUT2D eigenvalue weighted by Crippen LogP contribution is -2.25. The molecule has 1 aromatic heterocycles. The highest BCUT2D eigenvalue weighted by Gasteiger charge is 2.15. The maximum atomic E-state index is 13.3. The van der Waals surface area contributed by atoms with E-state index in [0.717, 1.165) is 52.1 Å². The Hall–Kier alpha value is -3.23. The smallest absolute Gasteiger partial charge is 0.338 e. The Morgan fingerprint density at radius 2 is 1.11 bits per heavy atom. The number of esters is 2. The van der Waals surface area contributed by atoms with Crippen molar-refractivity contribution in [1.29, 1.82) is 0 Å². The van der Waals surface area contributed by atoms with Gasteiger partial charge >= 0.3 is 11.9 Å². The minimum absolute atomic E-state index is 0.259. The Bertz CT molecular complexity index is 1170. The molecule has 8 heteroatoms. The summed E-state index contributed by atoms with van der Waals surface area (Å²) in [6.45, 7) is 14.5. The second kappa shape index (κ2) is 13.9. The van der Waals surface area contributed by atoms with Crippen molar-refractivity contribution >= 4 is 33.9 Å². The number of hydrogen-bond donors (Lipinski definition) is 0. The molecule has 0 bridgehead atoms. The van der Waals surface area contributed by atoms with E-state index < -0.39 is 11.9 Å². The fourth-order valence-corrected chi connectivity index (χ4v) is 4.26. The van der Waals surface area contributed by atoms with Crippen molar-refractivity contribution in [1.82, 2.24) is 9.80 Å². The van der Waals surface area contributed by atoms with Crippen LogP contribution in [0.4, 0.5) is 0 Å². The van der Waals surface area contributed by atoms with E-state index in [2.05, 4.69) is 37.5 Å². The number of benzene rings is 2. The van der Waals surface area contributed by atoms with Crippen LogP contribution in [0.5, 0.6) is 0 Å². The first kappa shape index (κ1) is 28.3. The number of hydrogen-bond acceptors (Lipinski definition) is 8. The van der Waals surface area contributed by atoms with Crippen molar-refractivity contribution in [3.8, 4) is 0 Å². The van der Waals surface area contributed by atoms with E-state index in [9.17, 15) is 14.4 Å². The summed E-state index contributed by atoms with van der Waals surface area (Å²) in [5.41, 5.74) is 0.977. The summed E-state index contributed by atoms with van der Waals surface area (Å²) in [5, 5.41) is 0.518. The number of carbonyl (C=O) groups is 2. The molecule has 2 aromatic carbocycles. The summed E-state index contributed by atoms with van der Waals surface area (Å²) in [6, 6.07) is 9.36. The topological polar surface area (TPSA) is 89.3 Å². The molecular formula is C29H38N2O6. The first-order chi connectivity index (χ1) is 17.9. The average molecular weight is 511 g/mol. The van der Waals surface area contributed by atoms with Gasteiger partial charge in [-0.15, -0.1) is 0 Å². The third kappa shape index (κ3) is 7.40. The molecule has 0 atom stereocenters. The normalized spacial score (nSPS) is 11.5. The zero-order valence-corrected chi connectivity index (χ0v) is 22.4. The fourth-order valence-electron chi connectivity index (χ4n) is 4.26. The van der Waals surface area contributed by atoms with Gasteiger partial charge in [0.1, 0.15) is 11.2 Å². The molecule has 0 fully saturated rings. The van der Waals surface area contributed by atoms with Crippen molar-refractivity contribution in [3.05, 3.63) is 57.7 Å². The molecule has 200 valence electrons. The van der Waals surface area contributed by atoms with Gasteiger partial charge in [0.2, 0.25) is 5.43 Å². The molecule has 0 saturated carbocycles. The van der Waals surface area contributed by atoms with E-state index in [1.165, 1.54) is 12.1 Å². The highest BCUT2D eigenvalue weighted by atomic mass is 16.5. The SMILES string of the molecule is CCN(CC)CCCOC(=O)c1ccc2oc3ccc(C(=O)OCCCN(CC)CC)cc3c(=O)c2c1. The molecule has 0 amide bonds. The van der Waals surface area contributed by atoms with Gasteiger partial charge in [0.15, 0.2) is 0 Å². The Morgan fingerprint density at radius 3 is 1.49 bits per heavy atom. The van der Waals surface area contributed by atoms with Crippen LogP contribution in [0.2, 0.25) is 0 Å². The molecule has 0 N–H and O–H groups in total. The number of rotatable bonds is 14. The predicted octanol–water partition coefficient (Wildman–Crippen LogP) is 4.72. The van der Waals surface area contributed by atoms with Gasteiger partial charge in [0.25, 0.3) is 0 Å². The minimum atomic E-state index is -0.483. The van der Waals surface area contributed by atoms with E-state index in [-0.39, 0.29) is 27.3 Å². The molecule has 0 aliphatic heterocycles. The highest BCUT2D eigenvalue weighted by Crippen LogP contribution is 2.21. The highest BCUT2D eigenvalue weighted by molar-refractivity contribution is 5.99. The van der Waals surface area contributed by atoms with E-state index in [4.69, 9.17) is 13.9 Å². The van der Waals surface area contributed by atoms with Gasteiger partial charge in [-0.25, -0.2) is 9.59 Å². The number of nitrogens with zero attached hydrogens (tertiary/aromatic N) is 2. The van der Waals surface area contributed by atoms with Crippen LogP contribution >= 0.6 is 0 Å². The maximum Gasteiger partial charge on any atom is 0.338 e. The van der Waals surface area contributed by atoms with Gasteiger partial charge < -0.3 is 23.7 Å². The molecule has 0 aliphatic carbocycles. The molecule has 1 heterocycles. The number of carbonyl (C=O) groups excluding carboxylic acids is 2. The summed E-state index contributed by atoms with van der Waals surface area (Å²) in [7, 11) is 0. The van der Waals surface area contributed by atoms with E-state index in [0.29, 0.717) is 24.4 Å². The average Bonchev–Trinajstić information content (AvgIpc) is 2.92. The van der Waals surface area contributed by atoms with Gasteiger partial charge in [-0.1, -0.05) is 27.7 Å². The fraction of sp³-hybridized carbons (Fsp3) is 0.483. The molecule has 0 saturated heterocycles. The van der Waals surface area contributed by atoms with Gasteiger partial charge in [0, 0.05) is 13.1 Å². The first-order valence-electron chi connectivity index (χ1n) is 13.2. The molecule has 0 radical (unpaired) electrons. The zero-order valence-electron chi connectivity index (χ0n) is 22.4. The molecule has 0 aliphatic rings. The summed E-state index contributed by atoms with van der Waals surface area (Å²) >= 11 is 0. The van der Waals surface area contributed by atoms with Gasteiger partial charge in [-0.3, -0.25) is 4.79 Å². The lowest BCUT2D eigenvalue weighted by atomic mass is 10.1. The Labute approximate surface area is 218 Å². The van der Waals surface area contributed by atoms with Crippen molar-refractivity contribution in [2.24, 2.45) is 0 Å². The molecule has 8 nitrogen and oxygen atoms in total. The third-order valence-corrected chi connectivity index (χ3v) is 6.63. The number of ether oxygens (including phenoxy) is 2. The summed E-state index contributed by atoms with van der Waals surface area (Å²) in [6.07, 6.45) is 1.48. The Kier molecular flexibility index (Phi) is 10.7. The largest absolute Gasteiger partial charge is 0.462 e. The molecule has 37 heavy (non-hydrogen) atoms. The van der Waals surface area contributed by atoms with Crippen LogP contribution in [0.1, 0.15) is 61.3 Å².